The lowest BCUT2D eigenvalue weighted by molar-refractivity contribution is -0.0489. The summed E-state index contributed by atoms with van der Waals surface area (Å²) >= 11 is 0. The van der Waals surface area contributed by atoms with Crippen LogP contribution in [0.1, 0.15) is 32.4 Å². The third-order valence-corrected chi connectivity index (χ3v) is 3.93. The smallest absolute Gasteiger partial charge is 0.0996 e. The van der Waals surface area contributed by atoms with E-state index in [1.165, 1.54) is 16.5 Å². The van der Waals surface area contributed by atoms with Gasteiger partial charge in [0.1, 0.15) is 0 Å². The Hall–Kier alpha value is -1.32. The van der Waals surface area contributed by atoms with Crippen molar-refractivity contribution in [1.82, 2.24) is 9.88 Å². The number of para-hydroxylation sites is 1. The van der Waals surface area contributed by atoms with Crippen molar-refractivity contribution < 1.29 is 4.74 Å². The van der Waals surface area contributed by atoms with Crippen LogP contribution in [-0.4, -0.2) is 22.8 Å². The number of rotatable bonds is 1. The minimum Gasteiger partial charge on any atom is -0.370 e. The highest BCUT2D eigenvalue weighted by atomic mass is 16.5. The van der Waals surface area contributed by atoms with Crippen LogP contribution in [0, 0.1) is 0 Å². The summed E-state index contributed by atoms with van der Waals surface area (Å²) < 4.78 is 8.32. The average Bonchev–Trinajstić information content (AvgIpc) is 2.67. The van der Waals surface area contributed by atoms with Crippen molar-refractivity contribution in [2.75, 3.05) is 6.61 Å². The van der Waals surface area contributed by atoms with Crippen molar-refractivity contribution in [1.29, 1.82) is 0 Å². The van der Waals surface area contributed by atoms with E-state index in [0.29, 0.717) is 6.04 Å². The SMILES string of the molecule is CC1NC(C)(C)COC1c1cn(C)c2ccccc12. The first kappa shape index (κ1) is 12.7. The van der Waals surface area contributed by atoms with Gasteiger partial charge in [-0.15, -0.1) is 0 Å². The van der Waals surface area contributed by atoms with E-state index in [-0.39, 0.29) is 11.6 Å². The van der Waals surface area contributed by atoms with Gasteiger partial charge in [-0.05, 0) is 26.8 Å². The Balaban J connectivity index is 2.01. The molecule has 1 aromatic heterocycles. The summed E-state index contributed by atoms with van der Waals surface area (Å²) in [6.45, 7) is 7.31. The van der Waals surface area contributed by atoms with Gasteiger partial charge in [0, 0.05) is 41.3 Å². The summed E-state index contributed by atoms with van der Waals surface area (Å²) in [5, 5.41) is 4.94. The van der Waals surface area contributed by atoms with Gasteiger partial charge in [-0.1, -0.05) is 18.2 Å². The molecule has 2 atom stereocenters. The molecule has 0 spiro atoms. The molecule has 1 N–H and O–H groups in total. The first-order valence-electron chi connectivity index (χ1n) is 6.91. The molecule has 102 valence electrons. The lowest BCUT2D eigenvalue weighted by Crippen LogP contribution is -2.55. The molecule has 1 aliphatic rings. The molecule has 2 heterocycles. The molecule has 3 nitrogen and oxygen atoms in total. The fraction of sp³-hybridized carbons (Fsp3) is 0.500. The second-order valence-corrected chi connectivity index (χ2v) is 6.26. The van der Waals surface area contributed by atoms with Crippen LogP contribution < -0.4 is 5.32 Å². The Morgan fingerprint density at radius 1 is 1.32 bits per heavy atom. The van der Waals surface area contributed by atoms with Gasteiger partial charge in [0.25, 0.3) is 0 Å². The van der Waals surface area contributed by atoms with E-state index in [2.05, 4.69) is 68.2 Å². The molecule has 2 unspecified atom stereocenters. The molecule has 0 aliphatic carbocycles. The van der Waals surface area contributed by atoms with E-state index in [9.17, 15) is 0 Å². The van der Waals surface area contributed by atoms with E-state index in [4.69, 9.17) is 4.74 Å². The molecule has 1 saturated heterocycles. The van der Waals surface area contributed by atoms with Crippen molar-refractivity contribution in [2.45, 2.75) is 38.5 Å². The van der Waals surface area contributed by atoms with E-state index >= 15 is 0 Å². The molecular formula is C16H22N2O. The second-order valence-electron chi connectivity index (χ2n) is 6.26. The van der Waals surface area contributed by atoms with Crippen LogP contribution in [0.25, 0.3) is 10.9 Å². The highest BCUT2D eigenvalue weighted by Gasteiger charge is 2.34. The van der Waals surface area contributed by atoms with Crippen LogP contribution >= 0.6 is 0 Å². The Morgan fingerprint density at radius 2 is 2.05 bits per heavy atom. The number of benzene rings is 1. The normalized spacial score (nSPS) is 26.7. The van der Waals surface area contributed by atoms with Crippen molar-refractivity contribution >= 4 is 10.9 Å². The van der Waals surface area contributed by atoms with Crippen LogP contribution in [0.4, 0.5) is 0 Å². The van der Waals surface area contributed by atoms with Gasteiger partial charge in [0.05, 0.1) is 12.7 Å². The third-order valence-electron chi connectivity index (χ3n) is 3.93. The van der Waals surface area contributed by atoms with Gasteiger partial charge in [0.2, 0.25) is 0 Å². The molecule has 1 fully saturated rings. The number of hydrogen-bond acceptors (Lipinski definition) is 2. The topological polar surface area (TPSA) is 26.2 Å². The van der Waals surface area contributed by atoms with Crippen molar-refractivity contribution in [3.8, 4) is 0 Å². The summed E-state index contributed by atoms with van der Waals surface area (Å²) in [7, 11) is 2.09. The Kier molecular flexibility index (Phi) is 2.91. The first-order chi connectivity index (χ1) is 8.98. The van der Waals surface area contributed by atoms with Gasteiger partial charge in [-0.25, -0.2) is 0 Å². The van der Waals surface area contributed by atoms with E-state index < -0.39 is 0 Å². The summed E-state index contributed by atoms with van der Waals surface area (Å²) in [6, 6.07) is 8.83. The predicted octanol–water partition coefficient (Wildman–Crippen LogP) is 3.01. The predicted molar refractivity (Wildman–Crippen MR) is 78.3 cm³/mol. The van der Waals surface area contributed by atoms with Crippen molar-refractivity contribution in [3.63, 3.8) is 0 Å². The zero-order chi connectivity index (χ0) is 13.6. The maximum atomic E-state index is 6.14. The molecule has 0 saturated carbocycles. The maximum absolute atomic E-state index is 6.14. The standard InChI is InChI=1S/C16H22N2O/c1-11-15(19-10-16(2,3)17-11)13-9-18(4)14-8-6-5-7-12(13)14/h5-9,11,15,17H,10H2,1-4H3. The maximum Gasteiger partial charge on any atom is 0.0996 e. The number of hydrogen-bond donors (Lipinski definition) is 1. The highest BCUT2D eigenvalue weighted by molar-refractivity contribution is 5.84. The lowest BCUT2D eigenvalue weighted by atomic mass is 9.95. The fourth-order valence-electron chi connectivity index (χ4n) is 3.14. The molecule has 0 amide bonds. The Morgan fingerprint density at radius 3 is 2.79 bits per heavy atom. The molecule has 1 aliphatic heterocycles. The molecule has 1 aromatic carbocycles. The molecule has 3 heteroatoms. The van der Waals surface area contributed by atoms with E-state index in [0.717, 1.165) is 6.61 Å². The number of ether oxygens (including phenoxy) is 1. The number of morpholine rings is 1. The molecule has 2 aromatic rings. The number of nitrogens with zero attached hydrogens (tertiary/aromatic N) is 1. The minimum absolute atomic E-state index is 0.0561. The molecule has 0 radical (unpaired) electrons. The first-order valence-corrected chi connectivity index (χ1v) is 6.91. The molecular weight excluding hydrogens is 236 g/mol. The van der Waals surface area contributed by atoms with Gasteiger partial charge in [-0.2, -0.15) is 0 Å². The summed E-state index contributed by atoms with van der Waals surface area (Å²) in [6.07, 6.45) is 2.32. The Labute approximate surface area is 114 Å². The van der Waals surface area contributed by atoms with E-state index in [1.54, 1.807) is 0 Å². The van der Waals surface area contributed by atoms with Crippen LogP contribution in [0.3, 0.4) is 0 Å². The van der Waals surface area contributed by atoms with Gasteiger partial charge in [-0.3, -0.25) is 0 Å². The Bertz CT molecular complexity index is 600. The van der Waals surface area contributed by atoms with Gasteiger partial charge < -0.3 is 14.6 Å². The number of fused-ring (bicyclic) bond motifs is 1. The lowest BCUT2D eigenvalue weighted by Gasteiger charge is -2.40. The zero-order valence-corrected chi connectivity index (χ0v) is 12.1. The molecule has 19 heavy (non-hydrogen) atoms. The summed E-state index contributed by atoms with van der Waals surface area (Å²) in [5.74, 6) is 0. The van der Waals surface area contributed by atoms with Crippen molar-refractivity contribution in [2.24, 2.45) is 7.05 Å². The van der Waals surface area contributed by atoms with Crippen LogP contribution in [0.5, 0.6) is 0 Å². The number of nitrogens with one attached hydrogen (secondary N) is 1. The summed E-state index contributed by atoms with van der Waals surface area (Å²) in [5.41, 5.74) is 2.60. The van der Waals surface area contributed by atoms with Crippen LogP contribution in [0.2, 0.25) is 0 Å². The van der Waals surface area contributed by atoms with E-state index in [1.807, 2.05) is 0 Å². The number of aryl methyl sites for hydroxylation is 1. The third kappa shape index (κ3) is 2.17. The minimum atomic E-state index is 0.0561. The van der Waals surface area contributed by atoms with Gasteiger partial charge in [0.15, 0.2) is 0 Å². The fourth-order valence-corrected chi connectivity index (χ4v) is 3.14. The highest BCUT2D eigenvalue weighted by Crippen LogP contribution is 2.33. The van der Waals surface area contributed by atoms with Crippen molar-refractivity contribution in [3.05, 3.63) is 36.0 Å². The monoisotopic (exact) mass is 258 g/mol. The zero-order valence-electron chi connectivity index (χ0n) is 12.1. The quantitative estimate of drug-likeness (QED) is 0.851. The molecule has 0 bridgehead atoms. The summed E-state index contributed by atoms with van der Waals surface area (Å²) in [4.78, 5) is 0. The number of aromatic nitrogens is 1. The van der Waals surface area contributed by atoms with Crippen LogP contribution in [0.15, 0.2) is 30.5 Å². The molecule has 3 rings (SSSR count). The second kappa shape index (κ2) is 4.36. The van der Waals surface area contributed by atoms with Gasteiger partial charge >= 0.3 is 0 Å². The average molecular weight is 258 g/mol. The van der Waals surface area contributed by atoms with Crippen LogP contribution in [-0.2, 0) is 11.8 Å². The largest absolute Gasteiger partial charge is 0.370 e.